The van der Waals surface area contributed by atoms with Gasteiger partial charge in [0.25, 0.3) is 0 Å². The molecular formula is C21H19N5OS. The van der Waals surface area contributed by atoms with Gasteiger partial charge in [0.2, 0.25) is 0 Å². The average molecular weight is 389 g/mol. The van der Waals surface area contributed by atoms with Crippen molar-refractivity contribution in [1.29, 1.82) is 5.26 Å². The molecule has 1 aromatic carbocycles. The Bertz CT molecular complexity index is 1180. The van der Waals surface area contributed by atoms with Crippen molar-refractivity contribution in [2.24, 2.45) is 4.99 Å². The van der Waals surface area contributed by atoms with Gasteiger partial charge in [0.05, 0.1) is 17.3 Å². The second kappa shape index (κ2) is 6.80. The molecule has 28 heavy (non-hydrogen) atoms. The molecule has 0 fully saturated rings. The molecule has 3 aromatic rings. The molecule has 6 nitrogen and oxygen atoms in total. The van der Waals surface area contributed by atoms with E-state index in [1.807, 2.05) is 29.7 Å². The summed E-state index contributed by atoms with van der Waals surface area (Å²) >= 11 is 1.67. The summed E-state index contributed by atoms with van der Waals surface area (Å²) < 4.78 is 2.03. The van der Waals surface area contributed by atoms with Crippen LogP contribution < -0.4 is 0 Å². The predicted octanol–water partition coefficient (Wildman–Crippen LogP) is 4.00. The third-order valence-corrected chi connectivity index (χ3v) is 6.18. The molecule has 0 radical (unpaired) electrons. The van der Waals surface area contributed by atoms with Gasteiger partial charge in [-0.1, -0.05) is 12.1 Å². The van der Waals surface area contributed by atoms with Gasteiger partial charge in [0.15, 0.2) is 5.82 Å². The lowest BCUT2D eigenvalue weighted by Gasteiger charge is -2.11. The Kier molecular flexibility index (Phi) is 4.44. The number of hydrogen-bond donors (Lipinski definition) is 0. The largest absolute Gasteiger partial charge is 0.300 e. The molecule has 0 saturated heterocycles. The SMILES string of the molecule is CC(=O)C[C@@H]1N=C(c2cccc(C#N)c2)c2c(sc(C)c2C)-n2c(C)nnc21. The fraction of sp³-hybridized carbons (Fsp3) is 0.286. The van der Waals surface area contributed by atoms with Crippen LogP contribution >= 0.6 is 11.3 Å². The number of nitrogens with zero attached hydrogens (tertiary/aromatic N) is 5. The number of Topliss-reactive ketones (excluding diaryl/α,β-unsaturated/α-hetero) is 1. The molecule has 0 bridgehead atoms. The molecule has 0 spiro atoms. The topological polar surface area (TPSA) is 83.9 Å². The van der Waals surface area contributed by atoms with Crippen LogP contribution in [0.1, 0.15) is 58.2 Å². The fourth-order valence-corrected chi connectivity index (χ4v) is 4.75. The van der Waals surface area contributed by atoms with Crippen LogP contribution in [0.3, 0.4) is 0 Å². The maximum absolute atomic E-state index is 11.9. The Hall–Kier alpha value is -3.11. The highest BCUT2D eigenvalue weighted by molar-refractivity contribution is 7.15. The number of aromatic nitrogens is 3. The molecule has 1 atom stereocenters. The van der Waals surface area contributed by atoms with Crippen molar-refractivity contribution in [3.63, 3.8) is 0 Å². The fourth-order valence-electron chi connectivity index (χ4n) is 3.53. The average Bonchev–Trinajstić information content (AvgIpc) is 3.14. The first-order chi connectivity index (χ1) is 13.4. The van der Waals surface area contributed by atoms with E-state index in [9.17, 15) is 10.1 Å². The molecule has 0 amide bonds. The van der Waals surface area contributed by atoms with Crippen molar-refractivity contribution >= 4 is 22.8 Å². The van der Waals surface area contributed by atoms with E-state index in [2.05, 4.69) is 30.1 Å². The monoisotopic (exact) mass is 389 g/mol. The zero-order valence-electron chi connectivity index (χ0n) is 16.1. The Morgan fingerprint density at radius 3 is 2.79 bits per heavy atom. The number of benzene rings is 1. The molecule has 0 aliphatic carbocycles. The summed E-state index contributed by atoms with van der Waals surface area (Å²) in [5, 5.41) is 19.0. The molecule has 2 aromatic heterocycles. The number of carbonyl (C=O) groups excluding carboxylic acids is 1. The standard InChI is InChI=1S/C21H19N5OS/c1-11(27)8-17-20-25-24-14(4)26(20)21-18(12(2)13(3)28-21)19(23-17)16-7-5-6-15(9-16)10-22/h5-7,9,17H,8H2,1-4H3/t17-/m0/s1. The second-order valence-corrected chi connectivity index (χ2v) is 8.20. The molecule has 4 rings (SSSR count). The summed E-state index contributed by atoms with van der Waals surface area (Å²) in [4.78, 5) is 18.1. The molecule has 0 saturated carbocycles. The summed E-state index contributed by atoms with van der Waals surface area (Å²) in [6.07, 6.45) is 0.256. The molecule has 140 valence electrons. The zero-order chi connectivity index (χ0) is 20.0. The first-order valence-corrected chi connectivity index (χ1v) is 9.82. The summed E-state index contributed by atoms with van der Waals surface area (Å²) in [7, 11) is 0. The molecule has 7 heteroatoms. The number of rotatable bonds is 3. The van der Waals surface area contributed by atoms with Gasteiger partial charge < -0.3 is 0 Å². The van der Waals surface area contributed by atoms with Crippen LogP contribution in [0, 0.1) is 32.1 Å². The van der Waals surface area contributed by atoms with E-state index >= 15 is 0 Å². The van der Waals surface area contributed by atoms with Crippen LogP contribution in [-0.2, 0) is 4.79 Å². The normalized spacial score (nSPS) is 15.2. The highest BCUT2D eigenvalue weighted by atomic mass is 32.1. The van der Waals surface area contributed by atoms with Crippen LogP contribution in [0.15, 0.2) is 29.3 Å². The van der Waals surface area contributed by atoms with E-state index in [1.165, 1.54) is 4.88 Å². The summed E-state index contributed by atoms with van der Waals surface area (Å²) in [6.45, 7) is 7.65. The quantitative estimate of drug-likeness (QED) is 0.678. The van der Waals surface area contributed by atoms with Gasteiger partial charge in [0, 0.05) is 22.4 Å². The Labute approximate surface area is 167 Å². The molecule has 1 aliphatic rings. The molecule has 1 aliphatic heterocycles. The van der Waals surface area contributed by atoms with E-state index in [0.717, 1.165) is 33.2 Å². The lowest BCUT2D eigenvalue weighted by Crippen LogP contribution is -2.09. The van der Waals surface area contributed by atoms with E-state index in [-0.39, 0.29) is 12.2 Å². The number of ketones is 1. The zero-order valence-corrected chi connectivity index (χ0v) is 17.0. The minimum Gasteiger partial charge on any atom is -0.300 e. The molecule has 3 heterocycles. The van der Waals surface area contributed by atoms with E-state index < -0.39 is 6.04 Å². The Morgan fingerprint density at radius 1 is 1.29 bits per heavy atom. The summed E-state index contributed by atoms with van der Waals surface area (Å²) in [5.74, 6) is 1.50. The van der Waals surface area contributed by atoms with Crippen LogP contribution in [0.4, 0.5) is 0 Å². The van der Waals surface area contributed by atoms with Gasteiger partial charge in [-0.05, 0) is 45.4 Å². The maximum Gasteiger partial charge on any atom is 0.163 e. The number of nitriles is 1. The van der Waals surface area contributed by atoms with Crippen LogP contribution in [0.25, 0.3) is 5.00 Å². The third kappa shape index (κ3) is 2.86. The number of aliphatic imine (C=N–C) groups is 1. The lowest BCUT2D eigenvalue weighted by molar-refractivity contribution is -0.117. The number of thiophene rings is 1. The first kappa shape index (κ1) is 18.3. The second-order valence-electron chi connectivity index (χ2n) is 7.00. The predicted molar refractivity (Wildman–Crippen MR) is 108 cm³/mol. The van der Waals surface area contributed by atoms with Gasteiger partial charge in [-0.3, -0.25) is 14.4 Å². The summed E-state index contributed by atoms with van der Waals surface area (Å²) in [5.41, 5.74) is 4.40. The maximum atomic E-state index is 11.9. The molecule has 0 N–H and O–H groups in total. The van der Waals surface area contributed by atoms with Crippen molar-refractivity contribution in [2.45, 2.75) is 40.2 Å². The molecular weight excluding hydrogens is 370 g/mol. The highest BCUT2D eigenvalue weighted by Crippen LogP contribution is 2.39. The number of carbonyl (C=O) groups is 1. The Morgan fingerprint density at radius 2 is 2.07 bits per heavy atom. The van der Waals surface area contributed by atoms with Crippen molar-refractivity contribution in [2.75, 3.05) is 0 Å². The first-order valence-electron chi connectivity index (χ1n) is 9.01. The van der Waals surface area contributed by atoms with Crippen LogP contribution in [0.2, 0.25) is 0 Å². The van der Waals surface area contributed by atoms with Gasteiger partial charge >= 0.3 is 0 Å². The van der Waals surface area contributed by atoms with Crippen molar-refractivity contribution in [3.8, 4) is 11.1 Å². The van der Waals surface area contributed by atoms with Gasteiger partial charge in [0.1, 0.15) is 22.7 Å². The summed E-state index contributed by atoms with van der Waals surface area (Å²) in [6, 6.07) is 9.22. The van der Waals surface area contributed by atoms with Crippen LogP contribution in [0.5, 0.6) is 0 Å². The number of fused-ring (bicyclic) bond motifs is 3. The van der Waals surface area contributed by atoms with Gasteiger partial charge in [-0.15, -0.1) is 21.5 Å². The van der Waals surface area contributed by atoms with E-state index in [1.54, 1.807) is 24.3 Å². The van der Waals surface area contributed by atoms with Crippen LogP contribution in [-0.4, -0.2) is 26.3 Å². The third-order valence-electron chi connectivity index (χ3n) is 4.99. The van der Waals surface area contributed by atoms with E-state index in [4.69, 9.17) is 4.99 Å². The lowest BCUT2D eigenvalue weighted by atomic mass is 9.98. The minimum atomic E-state index is -0.418. The van der Waals surface area contributed by atoms with Gasteiger partial charge in [-0.2, -0.15) is 5.26 Å². The van der Waals surface area contributed by atoms with Crippen molar-refractivity contribution in [1.82, 2.24) is 14.8 Å². The van der Waals surface area contributed by atoms with Crippen molar-refractivity contribution < 1.29 is 4.79 Å². The smallest absolute Gasteiger partial charge is 0.163 e. The highest BCUT2D eigenvalue weighted by Gasteiger charge is 2.31. The van der Waals surface area contributed by atoms with Crippen molar-refractivity contribution in [3.05, 3.63) is 63.0 Å². The molecule has 0 unspecified atom stereocenters. The minimum absolute atomic E-state index is 0.0456. The van der Waals surface area contributed by atoms with Gasteiger partial charge in [-0.25, -0.2) is 0 Å². The number of hydrogen-bond acceptors (Lipinski definition) is 6. The van der Waals surface area contributed by atoms with E-state index in [0.29, 0.717) is 11.4 Å². The number of aryl methyl sites for hydroxylation is 2. The Balaban J connectivity index is 2.05.